The van der Waals surface area contributed by atoms with E-state index in [0.29, 0.717) is 12.5 Å². The fourth-order valence-electron chi connectivity index (χ4n) is 2.60. The number of hydrogen-bond acceptors (Lipinski definition) is 4. The van der Waals surface area contributed by atoms with Gasteiger partial charge < -0.3 is 21.1 Å². The molecule has 3 unspecified atom stereocenters. The van der Waals surface area contributed by atoms with Crippen molar-refractivity contribution in [3.63, 3.8) is 0 Å². The van der Waals surface area contributed by atoms with Crippen LogP contribution in [-0.4, -0.2) is 36.2 Å². The first kappa shape index (κ1) is 17.8. The largest absolute Gasteiger partial charge is 0.444 e. The predicted octanol–water partition coefficient (Wildman–Crippen LogP) is 1.53. The Labute approximate surface area is 127 Å². The minimum atomic E-state index is -0.491. The van der Waals surface area contributed by atoms with E-state index in [-0.39, 0.29) is 18.0 Å². The molecule has 0 aromatic heterocycles. The predicted molar refractivity (Wildman–Crippen MR) is 81.8 cm³/mol. The van der Waals surface area contributed by atoms with Crippen molar-refractivity contribution >= 4 is 12.0 Å². The molecule has 1 aliphatic carbocycles. The Morgan fingerprint density at radius 1 is 1.29 bits per heavy atom. The van der Waals surface area contributed by atoms with Gasteiger partial charge in [0, 0.05) is 12.6 Å². The molecule has 1 saturated carbocycles. The molecule has 4 N–H and O–H groups in total. The van der Waals surface area contributed by atoms with Gasteiger partial charge in [-0.3, -0.25) is 4.79 Å². The highest BCUT2D eigenvalue weighted by molar-refractivity contribution is 5.79. The molecule has 1 rings (SSSR count). The lowest BCUT2D eigenvalue weighted by Crippen LogP contribution is -2.51. The summed E-state index contributed by atoms with van der Waals surface area (Å²) in [5.41, 5.74) is 4.81. The normalized spacial score (nSPS) is 24.2. The molecule has 1 fully saturated rings. The maximum Gasteiger partial charge on any atom is 0.407 e. The van der Waals surface area contributed by atoms with Crippen LogP contribution in [0.25, 0.3) is 0 Å². The minimum absolute atomic E-state index is 0.205. The third-order valence-electron chi connectivity index (χ3n) is 3.71. The van der Waals surface area contributed by atoms with Crippen LogP contribution in [0.2, 0.25) is 0 Å². The molecule has 0 aromatic rings. The highest BCUT2D eigenvalue weighted by atomic mass is 16.6. The lowest BCUT2D eigenvalue weighted by atomic mass is 9.84. The van der Waals surface area contributed by atoms with Gasteiger partial charge in [-0.2, -0.15) is 0 Å². The maximum absolute atomic E-state index is 11.7. The molecule has 0 saturated heterocycles. The van der Waals surface area contributed by atoms with Gasteiger partial charge in [0.05, 0.1) is 6.04 Å². The number of nitrogens with one attached hydrogen (secondary N) is 2. The Bertz CT molecular complexity index is 366. The minimum Gasteiger partial charge on any atom is -0.444 e. The lowest BCUT2D eigenvalue weighted by molar-refractivity contribution is -0.120. The monoisotopic (exact) mass is 299 g/mol. The number of ether oxygens (including phenoxy) is 1. The van der Waals surface area contributed by atoms with Gasteiger partial charge in [0.1, 0.15) is 5.60 Å². The van der Waals surface area contributed by atoms with E-state index in [9.17, 15) is 9.59 Å². The van der Waals surface area contributed by atoms with E-state index in [0.717, 1.165) is 25.7 Å². The molecule has 0 heterocycles. The van der Waals surface area contributed by atoms with Crippen molar-refractivity contribution < 1.29 is 14.3 Å². The second-order valence-corrected chi connectivity index (χ2v) is 6.82. The first-order valence-corrected chi connectivity index (χ1v) is 7.71. The molecule has 122 valence electrons. The van der Waals surface area contributed by atoms with E-state index >= 15 is 0 Å². The number of rotatable bonds is 5. The summed E-state index contributed by atoms with van der Waals surface area (Å²) in [6.45, 7) is 7.84. The van der Waals surface area contributed by atoms with Crippen LogP contribution in [0.1, 0.15) is 53.4 Å². The van der Waals surface area contributed by atoms with Crippen LogP contribution >= 0.6 is 0 Å². The van der Waals surface area contributed by atoms with Crippen LogP contribution < -0.4 is 16.4 Å². The van der Waals surface area contributed by atoms with E-state index in [4.69, 9.17) is 10.5 Å². The Kier molecular flexibility index (Phi) is 6.45. The summed E-state index contributed by atoms with van der Waals surface area (Å²) in [7, 11) is 0. The van der Waals surface area contributed by atoms with Crippen molar-refractivity contribution in [1.29, 1.82) is 0 Å². The van der Waals surface area contributed by atoms with Crippen LogP contribution in [0.5, 0.6) is 0 Å². The average molecular weight is 299 g/mol. The molecule has 0 spiro atoms. The van der Waals surface area contributed by atoms with Crippen molar-refractivity contribution in [2.24, 2.45) is 11.7 Å². The van der Waals surface area contributed by atoms with Crippen molar-refractivity contribution in [3.05, 3.63) is 0 Å². The molecule has 0 bridgehead atoms. The number of primary amides is 1. The summed E-state index contributed by atoms with van der Waals surface area (Å²) in [6, 6.07) is -0.145. The van der Waals surface area contributed by atoms with E-state index in [2.05, 4.69) is 10.6 Å². The summed E-state index contributed by atoms with van der Waals surface area (Å²) in [5, 5.41) is 6.10. The van der Waals surface area contributed by atoms with Crippen molar-refractivity contribution in [1.82, 2.24) is 10.6 Å². The van der Waals surface area contributed by atoms with Gasteiger partial charge in [0.25, 0.3) is 0 Å². The molecular formula is C15H29N3O3. The molecule has 0 radical (unpaired) electrons. The number of alkyl carbamates (subject to hydrolysis) is 1. The van der Waals surface area contributed by atoms with Crippen LogP contribution in [-0.2, 0) is 9.53 Å². The quantitative estimate of drug-likeness (QED) is 0.717. The highest BCUT2D eigenvalue weighted by Crippen LogP contribution is 2.24. The highest BCUT2D eigenvalue weighted by Gasteiger charge is 2.28. The van der Waals surface area contributed by atoms with E-state index in [1.54, 1.807) is 6.92 Å². The van der Waals surface area contributed by atoms with Gasteiger partial charge in [-0.15, -0.1) is 0 Å². The smallest absolute Gasteiger partial charge is 0.407 e. The van der Waals surface area contributed by atoms with Gasteiger partial charge >= 0.3 is 6.09 Å². The Morgan fingerprint density at radius 2 is 1.90 bits per heavy atom. The number of hydrogen-bond donors (Lipinski definition) is 3. The zero-order valence-corrected chi connectivity index (χ0v) is 13.6. The second-order valence-electron chi connectivity index (χ2n) is 6.82. The number of amides is 2. The Hall–Kier alpha value is -1.30. The summed E-state index contributed by atoms with van der Waals surface area (Å²) in [4.78, 5) is 22.9. The van der Waals surface area contributed by atoms with Gasteiger partial charge in [0.2, 0.25) is 5.91 Å². The topological polar surface area (TPSA) is 93.4 Å². The fourth-order valence-corrected chi connectivity index (χ4v) is 2.60. The van der Waals surface area contributed by atoms with Crippen molar-refractivity contribution in [2.45, 2.75) is 71.1 Å². The molecule has 2 amide bonds. The second kappa shape index (κ2) is 7.64. The van der Waals surface area contributed by atoms with E-state index in [1.165, 1.54) is 0 Å². The molecule has 6 nitrogen and oxygen atoms in total. The molecule has 0 aliphatic heterocycles. The van der Waals surface area contributed by atoms with E-state index in [1.807, 2.05) is 20.8 Å². The third-order valence-corrected chi connectivity index (χ3v) is 3.71. The summed E-state index contributed by atoms with van der Waals surface area (Å²) in [6.07, 6.45) is 3.90. The van der Waals surface area contributed by atoms with Gasteiger partial charge in [-0.25, -0.2) is 4.79 Å². The van der Waals surface area contributed by atoms with Crippen molar-refractivity contribution in [3.8, 4) is 0 Å². The third kappa shape index (κ3) is 6.80. The first-order chi connectivity index (χ1) is 9.69. The molecular weight excluding hydrogens is 270 g/mol. The van der Waals surface area contributed by atoms with Crippen LogP contribution in [0, 0.1) is 5.92 Å². The zero-order chi connectivity index (χ0) is 16.0. The lowest BCUT2D eigenvalue weighted by Gasteiger charge is -2.34. The van der Waals surface area contributed by atoms with Crippen molar-refractivity contribution in [2.75, 3.05) is 6.54 Å². The zero-order valence-electron chi connectivity index (χ0n) is 13.6. The van der Waals surface area contributed by atoms with Crippen LogP contribution in [0.4, 0.5) is 4.79 Å². The SMILES string of the molecule is CC(NC1CCCCC1CNC(=O)OC(C)(C)C)C(N)=O. The Morgan fingerprint density at radius 3 is 2.48 bits per heavy atom. The Balaban J connectivity index is 2.46. The molecule has 1 aliphatic rings. The van der Waals surface area contributed by atoms with Gasteiger partial charge in [-0.05, 0) is 46.5 Å². The molecule has 0 aromatic carbocycles. The summed E-state index contributed by atoms with van der Waals surface area (Å²) >= 11 is 0. The number of carbonyl (C=O) groups excluding carboxylic acids is 2. The van der Waals surface area contributed by atoms with Gasteiger partial charge in [0.15, 0.2) is 0 Å². The molecule has 3 atom stereocenters. The summed E-state index contributed by atoms with van der Waals surface area (Å²) < 4.78 is 5.24. The number of nitrogens with two attached hydrogens (primary N) is 1. The first-order valence-electron chi connectivity index (χ1n) is 7.71. The average Bonchev–Trinajstić information content (AvgIpc) is 2.35. The fraction of sp³-hybridized carbons (Fsp3) is 0.867. The standard InChI is InChI=1S/C15H29N3O3/c1-10(13(16)19)18-12-8-6-5-7-11(12)9-17-14(20)21-15(2,3)4/h10-12,18H,5-9H2,1-4H3,(H2,16,19)(H,17,20). The maximum atomic E-state index is 11.7. The van der Waals surface area contributed by atoms with E-state index < -0.39 is 11.7 Å². The summed E-state index contributed by atoms with van der Waals surface area (Å²) in [5.74, 6) is -0.0486. The van der Waals surface area contributed by atoms with Crippen LogP contribution in [0.15, 0.2) is 0 Å². The molecule has 6 heteroatoms. The van der Waals surface area contributed by atoms with Crippen LogP contribution in [0.3, 0.4) is 0 Å². The van der Waals surface area contributed by atoms with Gasteiger partial charge in [-0.1, -0.05) is 12.8 Å². The molecule has 21 heavy (non-hydrogen) atoms. The number of carbonyl (C=O) groups is 2.